The molecule has 108 valence electrons. The van der Waals surface area contributed by atoms with Crippen molar-refractivity contribution in [2.45, 2.75) is 27.7 Å². The number of nitrogens with one attached hydrogen (secondary N) is 2. The van der Waals surface area contributed by atoms with Crippen LogP contribution in [-0.2, 0) is 14.9 Å². The summed E-state index contributed by atoms with van der Waals surface area (Å²) in [5, 5.41) is 0.286. The Balaban J connectivity index is 3.15. The normalized spacial score (nSPS) is 11.4. The Bertz CT molecular complexity index is 563. The highest BCUT2D eigenvalue weighted by Gasteiger charge is 2.23. The van der Waals surface area contributed by atoms with Gasteiger partial charge in [-0.25, -0.2) is 4.79 Å². The van der Waals surface area contributed by atoms with Crippen molar-refractivity contribution in [3.63, 3.8) is 0 Å². The molecule has 1 heterocycles. The van der Waals surface area contributed by atoms with Gasteiger partial charge in [0, 0.05) is 11.4 Å². The summed E-state index contributed by atoms with van der Waals surface area (Å²) in [6.07, 6.45) is 0. The minimum Gasteiger partial charge on any atom is -0.462 e. The molecule has 6 nitrogen and oxygen atoms in total. The number of thiophene rings is 1. The second kappa shape index (κ2) is 6.36. The van der Waals surface area contributed by atoms with Crippen LogP contribution in [0.25, 0.3) is 0 Å². The average Bonchev–Trinajstić information content (AvgIpc) is 2.53. The highest BCUT2D eigenvalue weighted by Crippen LogP contribution is 2.33. The number of esters is 1. The molecular formula is C11H18N2O4S2. The van der Waals surface area contributed by atoms with Gasteiger partial charge < -0.3 is 4.74 Å². The summed E-state index contributed by atoms with van der Waals surface area (Å²) in [7, 11) is -3.66. The zero-order valence-corrected chi connectivity index (χ0v) is 13.0. The number of carbonyl (C=O) groups is 1. The molecule has 0 amide bonds. The second-order valence-corrected chi connectivity index (χ2v) is 6.54. The summed E-state index contributed by atoms with van der Waals surface area (Å²) < 4.78 is 33.0. The van der Waals surface area contributed by atoms with E-state index in [1.165, 1.54) is 11.3 Å². The van der Waals surface area contributed by atoms with E-state index in [2.05, 4.69) is 9.44 Å². The Morgan fingerprint density at radius 1 is 1.32 bits per heavy atom. The Hall–Kier alpha value is -1.12. The summed E-state index contributed by atoms with van der Waals surface area (Å²) in [4.78, 5) is 12.7. The lowest BCUT2D eigenvalue weighted by molar-refractivity contribution is 0.0527. The van der Waals surface area contributed by atoms with E-state index in [1.807, 2.05) is 6.92 Å². The van der Waals surface area contributed by atoms with Gasteiger partial charge in [0.1, 0.15) is 5.00 Å². The van der Waals surface area contributed by atoms with Gasteiger partial charge in [0.05, 0.1) is 12.2 Å². The largest absolute Gasteiger partial charge is 0.462 e. The van der Waals surface area contributed by atoms with Crippen molar-refractivity contribution in [2.24, 2.45) is 0 Å². The van der Waals surface area contributed by atoms with E-state index < -0.39 is 16.2 Å². The number of aryl methyl sites for hydroxylation is 1. The van der Waals surface area contributed by atoms with Crippen LogP contribution in [0, 0.1) is 13.8 Å². The highest BCUT2D eigenvalue weighted by molar-refractivity contribution is 7.91. The molecule has 0 aliphatic heterocycles. The van der Waals surface area contributed by atoms with Crippen molar-refractivity contribution in [2.75, 3.05) is 17.9 Å². The Kier molecular flexibility index (Phi) is 5.33. The van der Waals surface area contributed by atoms with Gasteiger partial charge in [0.2, 0.25) is 0 Å². The predicted octanol–water partition coefficient (Wildman–Crippen LogP) is 1.81. The van der Waals surface area contributed by atoms with Crippen LogP contribution in [0.4, 0.5) is 5.00 Å². The lowest BCUT2D eigenvalue weighted by Gasteiger charge is -2.08. The standard InChI is InChI=1S/C11H18N2O4S2/c1-5-12-19(15,16)13-10-9(11(14)17-6-2)7(3)8(4)18-10/h12-13H,5-6H2,1-4H3. The molecule has 0 saturated heterocycles. The number of carbonyl (C=O) groups excluding carboxylic acids is 1. The SMILES string of the molecule is CCNS(=O)(=O)Nc1sc(C)c(C)c1C(=O)OCC. The first-order valence-corrected chi connectivity index (χ1v) is 8.16. The van der Waals surface area contributed by atoms with Gasteiger partial charge in [0.15, 0.2) is 0 Å². The summed E-state index contributed by atoms with van der Waals surface area (Å²) in [5.74, 6) is -0.515. The fourth-order valence-corrected chi connectivity index (χ4v) is 3.69. The maximum Gasteiger partial charge on any atom is 0.341 e. The van der Waals surface area contributed by atoms with E-state index in [0.717, 1.165) is 10.4 Å². The van der Waals surface area contributed by atoms with Crippen molar-refractivity contribution in [1.29, 1.82) is 0 Å². The third kappa shape index (κ3) is 3.92. The van der Waals surface area contributed by atoms with E-state index in [-0.39, 0.29) is 23.7 Å². The smallest absolute Gasteiger partial charge is 0.341 e. The van der Waals surface area contributed by atoms with E-state index in [1.54, 1.807) is 20.8 Å². The first-order chi connectivity index (χ1) is 8.82. The van der Waals surface area contributed by atoms with E-state index in [9.17, 15) is 13.2 Å². The maximum atomic E-state index is 11.9. The zero-order valence-electron chi connectivity index (χ0n) is 11.4. The number of rotatable bonds is 6. The van der Waals surface area contributed by atoms with Gasteiger partial charge in [0.25, 0.3) is 10.2 Å². The Labute approximate surface area is 117 Å². The molecule has 1 aromatic rings. The summed E-state index contributed by atoms with van der Waals surface area (Å²) in [6, 6.07) is 0. The van der Waals surface area contributed by atoms with Crippen LogP contribution in [-0.4, -0.2) is 27.5 Å². The van der Waals surface area contributed by atoms with Gasteiger partial charge in [-0.1, -0.05) is 6.92 Å². The molecule has 0 radical (unpaired) electrons. The van der Waals surface area contributed by atoms with Gasteiger partial charge in [-0.2, -0.15) is 13.1 Å². The molecule has 19 heavy (non-hydrogen) atoms. The average molecular weight is 306 g/mol. The third-order valence-corrected chi connectivity index (χ3v) is 4.82. The number of hydrogen-bond acceptors (Lipinski definition) is 5. The summed E-state index contributed by atoms with van der Waals surface area (Å²) in [5.41, 5.74) is 1.02. The van der Waals surface area contributed by atoms with Gasteiger partial charge in [-0.3, -0.25) is 4.72 Å². The molecule has 0 aliphatic carbocycles. The first-order valence-electron chi connectivity index (χ1n) is 5.86. The molecule has 0 aliphatic rings. The van der Waals surface area contributed by atoms with Crippen LogP contribution in [0.15, 0.2) is 0 Å². The van der Waals surface area contributed by atoms with Crippen LogP contribution in [0.1, 0.15) is 34.6 Å². The van der Waals surface area contributed by atoms with Gasteiger partial charge >= 0.3 is 5.97 Å². The Morgan fingerprint density at radius 3 is 2.47 bits per heavy atom. The van der Waals surface area contributed by atoms with E-state index >= 15 is 0 Å². The zero-order chi connectivity index (χ0) is 14.6. The van der Waals surface area contributed by atoms with Crippen LogP contribution < -0.4 is 9.44 Å². The number of hydrogen-bond donors (Lipinski definition) is 2. The molecule has 0 atom stereocenters. The van der Waals surface area contributed by atoms with E-state index in [4.69, 9.17) is 4.74 Å². The van der Waals surface area contributed by atoms with Crippen LogP contribution in [0.5, 0.6) is 0 Å². The molecule has 0 saturated carbocycles. The third-order valence-electron chi connectivity index (χ3n) is 2.43. The minimum absolute atomic E-state index is 0.243. The van der Waals surface area contributed by atoms with Crippen molar-refractivity contribution in [3.05, 3.63) is 16.0 Å². The molecule has 1 aromatic heterocycles. The molecule has 0 unspecified atom stereocenters. The minimum atomic E-state index is -3.66. The molecule has 0 aromatic carbocycles. The molecular weight excluding hydrogens is 288 g/mol. The first kappa shape index (κ1) is 15.9. The number of ether oxygens (including phenoxy) is 1. The molecule has 0 bridgehead atoms. The lowest BCUT2D eigenvalue weighted by Crippen LogP contribution is -2.30. The fourth-order valence-electron chi connectivity index (χ4n) is 1.50. The summed E-state index contributed by atoms with van der Waals surface area (Å²) in [6.45, 7) is 7.49. The maximum absolute atomic E-state index is 11.9. The molecule has 0 spiro atoms. The quantitative estimate of drug-likeness (QED) is 0.785. The van der Waals surface area contributed by atoms with Crippen molar-refractivity contribution in [1.82, 2.24) is 4.72 Å². The predicted molar refractivity (Wildman–Crippen MR) is 76.0 cm³/mol. The number of anilines is 1. The fraction of sp³-hybridized carbons (Fsp3) is 0.545. The molecule has 1 rings (SSSR count). The summed E-state index contributed by atoms with van der Waals surface area (Å²) >= 11 is 1.22. The highest BCUT2D eigenvalue weighted by atomic mass is 32.2. The van der Waals surface area contributed by atoms with Crippen molar-refractivity contribution < 1.29 is 17.9 Å². The monoisotopic (exact) mass is 306 g/mol. The van der Waals surface area contributed by atoms with Gasteiger partial charge in [-0.05, 0) is 26.3 Å². The lowest BCUT2D eigenvalue weighted by atomic mass is 10.2. The van der Waals surface area contributed by atoms with Crippen molar-refractivity contribution >= 4 is 32.5 Å². The van der Waals surface area contributed by atoms with Crippen LogP contribution in [0.3, 0.4) is 0 Å². The van der Waals surface area contributed by atoms with E-state index in [0.29, 0.717) is 0 Å². The molecule has 2 N–H and O–H groups in total. The Morgan fingerprint density at radius 2 is 1.95 bits per heavy atom. The second-order valence-electron chi connectivity index (χ2n) is 3.81. The topological polar surface area (TPSA) is 84.5 Å². The molecule has 0 fully saturated rings. The van der Waals surface area contributed by atoms with Crippen LogP contribution >= 0.6 is 11.3 Å². The van der Waals surface area contributed by atoms with Gasteiger partial charge in [-0.15, -0.1) is 11.3 Å². The molecule has 8 heteroatoms. The van der Waals surface area contributed by atoms with Crippen molar-refractivity contribution in [3.8, 4) is 0 Å². The van der Waals surface area contributed by atoms with Crippen LogP contribution in [0.2, 0.25) is 0 Å².